The quantitative estimate of drug-likeness (QED) is 0.784. The zero-order valence-corrected chi connectivity index (χ0v) is 15.5. The highest BCUT2D eigenvalue weighted by molar-refractivity contribution is 5.81. The summed E-state index contributed by atoms with van der Waals surface area (Å²) < 4.78 is 11.3. The van der Waals surface area contributed by atoms with Crippen molar-refractivity contribution in [3.63, 3.8) is 0 Å². The highest BCUT2D eigenvalue weighted by Crippen LogP contribution is 2.21. The minimum atomic E-state index is -0.496. The molecule has 0 saturated heterocycles. The maximum Gasteiger partial charge on any atom is 0.261 e. The molecule has 1 atom stereocenters. The predicted molar refractivity (Wildman–Crippen MR) is 100 cm³/mol. The standard InChI is InChI=1S/C21H27NO3/c1-5-19(25-20-12-7-15(3)13-16(20)4)21(23)22-14-17-8-10-18(11-9-17)24-6-2/h7-13,19H,5-6,14H2,1-4H3,(H,22,23). The SMILES string of the molecule is CCOc1ccc(CNC(=O)C(CC)Oc2ccc(C)cc2C)cc1. The Labute approximate surface area is 150 Å². The van der Waals surface area contributed by atoms with Gasteiger partial charge in [0.2, 0.25) is 0 Å². The molecule has 0 spiro atoms. The molecule has 0 radical (unpaired) electrons. The van der Waals surface area contributed by atoms with Crippen LogP contribution in [-0.4, -0.2) is 18.6 Å². The summed E-state index contributed by atoms with van der Waals surface area (Å²) in [6.07, 6.45) is 0.117. The lowest BCUT2D eigenvalue weighted by atomic mass is 10.1. The summed E-state index contributed by atoms with van der Waals surface area (Å²) in [5, 5.41) is 2.95. The van der Waals surface area contributed by atoms with E-state index in [4.69, 9.17) is 9.47 Å². The van der Waals surface area contributed by atoms with Gasteiger partial charge in [0.25, 0.3) is 5.91 Å². The van der Waals surface area contributed by atoms with Gasteiger partial charge in [-0.25, -0.2) is 0 Å². The first-order valence-electron chi connectivity index (χ1n) is 8.76. The van der Waals surface area contributed by atoms with Crippen molar-refractivity contribution in [1.82, 2.24) is 5.32 Å². The first-order chi connectivity index (χ1) is 12.0. The lowest BCUT2D eigenvalue weighted by Crippen LogP contribution is -2.37. The molecule has 0 aliphatic carbocycles. The number of rotatable bonds is 8. The Bertz CT molecular complexity index is 695. The topological polar surface area (TPSA) is 47.6 Å². The van der Waals surface area contributed by atoms with Crippen molar-refractivity contribution < 1.29 is 14.3 Å². The molecule has 1 amide bonds. The Morgan fingerprint density at radius 3 is 2.40 bits per heavy atom. The fourth-order valence-electron chi connectivity index (χ4n) is 2.58. The molecule has 0 aliphatic heterocycles. The van der Waals surface area contributed by atoms with E-state index in [1.165, 1.54) is 5.56 Å². The van der Waals surface area contributed by atoms with Gasteiger partial charge in [-0.15, -0.1) is 0 Å². The number of carbonyl (C=O) groups excluding carboxylic acids is 1. The normalized spacial score (nSPS) is 11.7. The summed E-state index contributed by atoms with van der Waals surface area (Å²) in [6.45, 7) is 9.05. The fraction of sp³-hybridized carbons (Fsp3) is 0.381. The molecule has 0 fully saturated rings. The van der Waals surface area contributed by atoms with Gasteiger partial charge in [0.15, 0.2) is 6.10 Å². The third-order valence-electron chi connectivity index (χ3n) is 3.96. The molecule has 1 N–H and O–H groups in total. The van der Waals surface area contributed by atoms with Gasteiger partial charge in [0.1, 0.15) is 11.5 Å². The van der Waals surface area contributed by atoms with Gasteiger partial charge in [-0.05, 0) is 56.5 Å². The molecule has 0 aliphatic rings. The monoisotopic (exact) mass is 341 g/mol. The predicted octanol–water partition coefficient (Wildman–Crippen LogP) is 4.18. The number of benzene rings is 2. The molecular formula is C21H27NO3. The van der Waals surface area contributed by atoms with Crippen LogP contribution in [0.2, 0.25) is 0 Å². The maximum atomic E-state index is 12.4. The van der Waals surface area contributed by atoms with E-state index in [-0.39, 0.29) is 5.91 Å². The molecule has 0 aromatic heterocycles. The van der Waals surface area contributed by atoms with Gasteiger partial charge < -0.3 is 14.8 Å². The average molecular weight is 341 g/mol. The lowest BCUT2D eigenvalue weighted by molar-refractivity contribution is -0.128. The summed E-state index contributed by atoms with van der Waals surface area (Å²) in [5.74, 6) is 1.49. The van der Waals surface area contributed by atoms with E-state index in [0.29, 0.717) is 19.6 Å². The van der Waals surface area contributed by atoms with Crippen LogP contribution in [0.15, 0.2) is 42.5 Å². The molecule has 4 heteroatoms. The Kier molecular flexibility index (Phi) is 6.87. The Balaban J connectivity index is 1.93. The molecule has 0 bridgehead atoms. The second-order valence-electron chi connectivity index (χ2n) is 6.08. The van der Waals surface area contributed by atoms with Crippen molar-refractivity contribution >= 4 is 5.91 Å². The van der Waals surface area contributed by atoms with E-state index < -0.39 is 6.10 Å². The number of ether oxygens (including phenoxy) is 2. The summed E-state index contributed by atoms with van der Waals surface area (Å²) >= 11 is 0. The molecule has 134 valence electrons. The first kappa shape index (κ1) is 18.8. The second kappa shape index (κ2) is 9.11. The smallest absolute Gasteiger partial charge is 0.261 e. The number of nitrogens with one attached hydrogen (secondary N) is 1. The van der Waals surface area contributed by atoms with Crippen LogP contribution in [0.3, 0.4) is 0 Å². The summed E-state index contributed by atoms with van der Waals surface area (Å²) in [5.41, 5.74) is 3.24. The van der Waals surface area contributed by atoms with Crippen LogP contribution in [0.5, 0.6) is 11.5 Å². The molecule has 4 nitrogen and oxygen atoms in total. The van der Waals surface area contributed by atoms with Crippen molar-refractivity contribution in [2.45, 2.75) is 46.8 Å². The van der Waals surface area contributed by atoms with Crippen molar-refractivity contribution in [3.05, 3.63) is 59.2 Å². The molecule has 1 unspecified atom stereocenters. The summed E-state index contributed by atoms with van der Waals surface area (Å²) in [7, 11) is 0. The van der Waals surface area contributed by atoms with E-state index in [1.54, 1.807) is 0 Å². The molecular weight excluding hydrogens is 314 g/mol. The lowest BCUT2D eigenvalue weighted by Gasteiger charge is -2.19. The molecule has 2 aromatic rings. The summed E-state index contributed by atoms with van der Waals surface area (Å²) in [6, 6.07) is 13.7. The zero-order chi connectivity index (χ0) is 18.2. The third kappa shape index (κ3) is 5.52. The second-order valence-corrected chi connectivity index (χ2v) is 6.08. The first-order valence-corrected chi connectivity index (χ1v) is 8.76. The minimum Gasteiger partial charge on any atom is -0.494 e. The van der Waals surface area contributed by atoms with E-state index in [0.717, 1.165) is 22.6 Å². The Morgan fingerprint density at radius 1 is 1.08 bits per heavy atom. The average Bonchev–Trinajstić information content (AvgIpc) is 2.60. The van der Waals surface area contributed by atoms with Crippen LogP contribution in [-0.2, 0) is 11.3 Å². The van der Waals surface area contributed by atoms with Gasteiger partial charge in [0.05, 0.1) is 6.61 Å². The Morgan fingerprint density at radius 2 is 1.80 bits per heavy atom. The van der Waals surface area contributed by atoms with Gasteiger partial charge in [-0.3, -0.25) is 4.79 Å². The van der Waals surface area contributed by atoms with Crippen LogP contribution in [0.4, 0.5) is 0 Å². The fourth-order valence-corrected chi connectivity index (χ4v) is 2.58. The van der Waals surface area contributed by atoms with Crippen molar-refractivity contribution in [3.8, 4) is 11.5 Å². The number of amides is 1. The summed E-state index contributed by atoms with van der Waals surface area (Å²) in [4.78, 5) is 12.4. The molecule has 0 saturated carbocycles. The van der Waals surface area contributed by atoms with E-state index in [1.807, 2.05) is 64.1 Å². The van der Waals surface area contributed by atoms with Crippen LogP contribution in [0, 0.1) is 13.8 Å². The number of hydrogen-bond acceptors (Lipinski definition) is 3. The van der Waals surface area contributed by atoms with Crippen molar-refractivity contribution in [2.24, 2.45) is 0 Å². The van der Waals surface area contributed by atoms with Crippen LogP contribution >= 0.6 is 0 Å². The third-order valence-corrected chi connectivity index (χ3v) is 3.96. The van der Waals surface area contributed by atoms with Crippen LogP contribution < -0.4 is 14.8 Å². The number of aryl methyl sites for hydroxylation is 2. The Hall–Kier alpha value is -2.49. The van der Waals surface area contributed by atoms with Gasteiger partial charge in [0, 0.05) is 6.54 Å². The molecule has 0 heterocycles. The van der Waals surface area contributed by atoms with E-state index in [2.05, 4.69) is 11.4 Å². The van der Waals surface area contributed by atoms with Crippen molar-refractivity contribution in [2.75, 3.05) is 6.61 Å². The van der Waals surface area contributed by atoms with E-state index in [9.17, 15) is 4.79 Å². The van der Waals surface area contributed by atoms with Crippen molar-refractivity contribution in [1.29, 1.82) is 0 Å². The largest absolute Gasteiger partial charge is 0.494 e. The van der Waals surface area contributed by atoms with Gasteiger partial charge in [-0.1, -0.05) is 36.8 Å². The van der Waals surface area contributed by atoms with Crippen LogP contribution in [0.1, 0.15) is 37.0 Å². The van der Waals surface area contributed by atoms with Crippen LogP contribution in [0.25, 0.3) is 0 Å². The molecule has 2 rings (SSSR count). The highest BCUT2D eigenvalue weighted by Gasteiger charge is 2.18. The van der Waals surface area contributed by atoms with Gasteiger partial charge >= 0.3 is 0 Å². The van der Waals surface area contributed by atoms with E-state index >= 15 is 0 Å². The molecule has 2 aromatic carbocycles. The number of carbonyl (C=O) groups is 1. The molecule has 25 heavy (non-hydrogen) atoms. The van der Waals surface area contributed by atoms with Gasteiger partial charge in [-0.2, -0.15) is 0 Å². The minimum absolute atomic E-state index is 0.101. The number of hydrogen-bond donors (Lipinski definition) is 1. The zero-order valence-electron chi connectivity index (χ0n) is 15.5. The maximum absolute atomic E-state index is 12.4. The highest BCUT2D eigenvalue weighted by atomic mass is 16.5.